The maximum atomic E-state index is 13.2. The van der Waals surface area contributed by atoms with Crippen molar-refractivity contribution in [3.8, 4) is 0 Å². The fraction of sp³-hybridized carbons (Fsp3) is 0.583. The number of hydrogen-bond donors (Lipinski definition) is 0. The van der Waals surface area contributed by atoms with Crippen LogP contribution >= 0.6 is 11.3 Å². The molecule has 1 amide bonds. The molecule has 1 aromatic carbocycles. The van der Waals surface area contributed by atoms with Crippen molar-refractivity contribution in [1.29, 1.82) is 0 Å². The van der Waals surface area contributed by atoms with E-state index in [1.165, 1.54) is 24.9 Å². The second kappa shape index (κ2) is 9.67. The molecule has 6 nitrogen and oxygen atoms in total. The quantitative estimate of drug-likeness (QED) is 0.716. The summed E-state index contributed by atoms with van der Waals surface area (Å²) in [7, 11) is 0. The predicted molar refractivity (Wildman–Crippen MR) is 126 cm³/mol. The lowest BCUT2D eigenvalue weighted by Gasteiger charge is -2.43. The molecule has 4 heterocycles. The van der Waals surface area contributed by atoms with Crippen LogP contribution in [0.2, 0.25) is 0 Å². The van der Waals surface area contributed by atoms with E-state index < -0.39 is 0 Å². The van der Waals surface area contributed by atoms with Crippen molar-refractivity contribution in [2.45, 2.75) is 38.3 Å². The first-order chi connectivity index (χ1) is 15.3. The topological polar surface area (TPSA) is 42.9 Å². The van der Waals surface area contributed by atoms with Crippen molar-refractivity contribution in [1.82, 2.24) is 19.7 Å². The van der Waals surface area contributed by atoms with Gasteiger partial charge in [0.2, 0.25) is 0 Å². The number of benzene rings is 1. The van der Waals surface area contributed by atoms with Gasteiger partial charge in [-0.2, -0.15) is 0 Å². The second-order valence-electron chi connectivity index (χ2n) is 9.01. The third-order valence-electron chi connectivity index (χ3n) is 6.96. The molecule has 0 saturated carbocycles. The van der Waals surface area contributed by atoms with Crippen molar-refractivity contribution >= 4 is 22.9 Å². The minimum atomic E-state index is 0.179. The highest BCUT2D eigenvalue weighted by Gasteiger charge is 2.31. The molecule has 3 fully saturated rings. The van der Waals surface area contributed by atoms with Crippen LogP contribution in [0.15, 0.2) is 36.5 Å². The van der Waals surface area contributed by atoms with Gasteiger partial charge in [0.1, 0.15) is 9.88 Å². The van der Waals surface area contributed by atoms with Crippen LogP contribution < -0.4 is 4.90 Å². The predicted octanol–water partition coefficient (Wildman–Crippen LogP) is 3.17. The van der Waals surface area contributed by atoms with E-state index in [1.54, 1.807) is 17.5 Å². The Bertz CT molecular complexity index is 858. The number of hydrogen-bond acceptors (Lipinski definition) is 6. The molecule has 1 unspecified atom stereocenters. The molecule has 3 aliphatic rings. The van der Waals surface area contributed by atoms with Gasteiger partial charge in [-0.3, -0.25) is 14.6 Å². The average Bonchev–Trinajstić information content (AvgIpc) is 3.52. The molecule has 0 spiro atoms. The number of nitrogens with zero attached hydrogens (tertiary/aromatic N) is 5. The van der Waals surface area contributed by atoms with E-state index >= 15 is 0 Å². The van der Waals surface area contributed by atoms with Gasteiger partial charge in [-0.1, -0.05) is 18.2 Å². The molecule has 7 heteroatoms. The SMILES string of the molecule is O=C(c1cnc(CN2CCCC2)s1)N1CCCC(N2CCN(c3ccccc3)CC2)C1. The molecule has 3 aliphatic heterocycles. The molecule has 0 radical (unpaired) electrons. The highest BCUT2D eigenvalue weighted by molar-refractivity contribution is 7.13. The highest BCUT2D eigenvalue weighted by atomic mass is 32.1. The summed E-state index contributed by atoms with van der Waals surface area (Å²) in [5.41, 5.74) is 1.32. The van der Waals surface area contributed by atoms with Gasteiger partial charge in [0, 0.05) is 51.0 Å². The molecule has 3 saturated heterocycles. The Hall–Kier alpha value is -1.96. The number of rotatable bonds is 5. The van der Waals surface area contributed by atoms with Gasteiger partial charge in [0.25, 0.3) is 5.91 Å². The molecule has 2 aromatic rings. The van der Waals surface area contributed by atoms with Crippen molar-refractivity contribution < 1.29 is 4.79 Å². The second-order valence-corrected chi connectivity index (χ2v) is 10.1. The molecule has 0 aliphatic carbocycles. The monoisotopic (exact) mass is 439 g/mol. The van der Waals surface area contributed by atoms with Crippen LogP contribution in [-0.2, 0) is 6.54 Å². The number of carbonyl (C=O) groups excluding carboxylic acids is 1. The Kier molecular flexibility index (Phi) is 6.53. The number of piperazine rings is 1. The van der Waals surface area contributed by atoms with Gasteiger partial charge < -0.3 is 9.80 Å². The molecule has 5 rings (SSSR count). The summed E-state index contributed by atoms with van der Waals surface area (Å²) in [6, 6.07) is 11.2. The zero-order valence-electron chi connectivity index (χ0n) is 18.3. The average molecular weight is 440 g/mol. The van der Waals surface area contributed by atoms with Gasteiger partial charge in [0.05, 0.1) is 12.7 Å². The van der Waals surface area contributed by atoms with Crippen LogP contribution in [0.1, 0.15) is 40.4 Å². The summed E-state index contributed by atoms with van der Waals surface area (Å²) in [6.45, 7) is 9.20. The van der Waals surface area contributed by atoms with Crippen LogP contribution in [0.25, 0.3) is 0 Å². The lowest BCUT2D eigenvalue weighted by Crippen LogP contribution is -2.55. The van der Waals surface area contributed by atoms with Crippen LogP contribution in [0.5, 0.6) is 0 Å². The van der Waals surface area contributed by atoms with E-state index in [9.17, 15) is 4.79 Å². The molecule has 31 heavy (non-hydrogen) atoms. The smallest absolute Gasteiger partial charge is 0.265 e. The van der Waals surface area contributed by atoms with Crippen molar-refractivity contribution in [3.63, 3.8) is 0 Å². The highest BCUT2D eigenvalue weighted by Crippen LogP contribution is 2.24. The van der Waals surface area contributed by atoms with Crippen molar-refractivity contribution in [3.05, 3.63) is 46.4 Å². The Labute approximate surface area is 189 Å². The van der Waals surface area contributed by atoms with Crippen molar-refractivity contribution in [2.24, 2.45) is 0 Å². The number of thiazole rings is 1. The Morgan fingerprint density at radius 3 is 2.52 bits per heavy atom. The van der Waals surface area contributed by atoms with Crippen molar-refractivity contribution in [2.75, 3.05) is 57.3 Å². The van der Waals surface area contributed by atoms with E-state index in [2.05, 4.69) is 54.9 Å². The lowest BCUT2D eigenvalue weighted by molar-refractivity contribution is 0.0567. The maximum Gasteiger partial charge on any atom is 0.265 e. The zero-order valence-corrected chi connectivity index (χ0v) is 19.1. The summed E-state index contributed by atoms with van der Waals surface area (Å²) in [5, 5.41) is 1.08. The summed E-state index contributed by atoms with van der Waals surface area (Å²) in [5.74, 6) is 0.179. The molecule has 0 bridgehead atoms. The van der Waals surface area contributed by atoms with Crippen LogP contribution in [0, 0.1) is 0 Å². The third kappa shape index (κ3) is 4.94. The molecular formula is C24H33N5OS. The minimum absolute atomic E-state index is 0.179. The van der Waals surface area contributed by atoms with Gasteiger partial charge >= 0.3 is 0 Å². The van der Waals surface area contributed by atoms with E-state index in [-0.39, 0.29) is 5.91 Å². The van der Waals surface area contributed by atoms with E-state index in [0.717, 1.165) is 75.2 Å². The number of para-hydroxylation sites is 1. The van der Waals surface area contributed by atoms with Gasteiger partial charge in [0.15, 0.2) is 0 Å². The summed E-state index contributed by atoms with van der Waals surface area (Å²) >= 11 is 1.59. The van der Waals surface area contributed by atoms with Crippen LogP contribution in [0.4, 0.5) is 5.69 Å². The Balaban J connectivity index is 1.15. The molecule has 1 aromatic heterocycles. The lowest BCUT2D eigenvalue weighted by atomic mass is 10.0. The standard InChI is InChI=1S/C24H33N5OS/c30-24(22-17-25-23(31-22)19-26-10-4-5-11-26)29-12-6-9-21(18-29)28-15-13-27(14-16-28)20-7-2-1-3-8-20/h1-3,7-8,17,21H,4-6,9-16,18-19H2. The summed E-state index contributed by atoms with van der Waals surface area (Å²) < 4.78 is 0. The van der Waals surface area contributed by atoms with Gasteiger partial charge in [-0.15, -0.1) is 11.3 Å². The van der Waals surface area contributed by atoms with Crippen LogP contribution in [-0.4, -0.2) is 84.0 Å². The first-order valence-corrected chi connectivity index (χ1v) is 12.6. The summed E-state index contributed by atoms with van der Waals surface area (Å²) in [4.78, 5) is 28.1. The largest absolute Gasteiger partial charge is 0.369 e. The summed E-state index contributed by atoms with van der Waals surface area (Å²) in [6.07, 6.45) is 6.66. The minimum Gasteiger partial charge on any atom is -0.369 e. The number of anilines is 1. The Morgan fingerprint density at radius 2 is 1.74 bits per heavy atom. The third-order valence-corrected chi connectivity index (χ3v) is 7.93. The zero-order chi connectivity index (χ0) is 21.0. The number of amides is 1. The van der Waals surface area contributed by atoms with E-state index in [4.69, 9.17) is 0 Å². The van der Waals surface area contributed by atoms with Crippen LogP contribution in [0.3, 0.4) is 0 Å². The fourth-order valence-corrected chi connectivity index (χ4v) is 6.12. The first-order valence-electron chi connectivity index (χ1n) is 11.8. The van der Waals surface area contributed by atoms with E-state index in [1.807, 2.05) is 0 Å². The number of piperidine rings is 1. The molecule has 166 valence electrons. The fourth-order valence-electron chi connectivity index (χ4n) is 5.19. The normalized spacial score (nSPS) is 23.4. The maximum absolute atomic E-state index is 13.2. The molecule has 1 atom stereocenters. The number of carbonyl (C=O) groups is 1. The first kappa shape index (κ1) is 20.9. The Morgan fingerprint density at radius 1 is 0.968 bits per heavy atom. The number of likely N-dealkylation sites (tertiary alicyclic amines) is 2. The van der Waals surface area contributed by atoms with Gasteiger partial charge in [-0.25, -0.2) is 4.98 Å². The molecule has 0 N–H and O–H groups in total. The van der Waals surface area contributed by atoms with E-state index in [0.29, 0.717) is 6.04 Å². The molecular weight excluding hydrogens is 406 g/mol. The van der Waals surface area contributed by atoms with Gasteiger partial charge in [-0.05, 0) is 50.9 Å². The number of aromatic nitrogens is 1.